The second kappa shape index (κ2) is 7.00. The van der Waals surface area contributed by atoms with Gasteiger partial charge in [-0.25, -0.2) is 13.1 Å². The second-order valence-electron chi connectivity index (χ2n) is 5.38. The molecule has 1 aromatic heterocycles. The lowest BCUT2D eigenvalue weighted by atomic mass is 9.99. The van der Waals surface area contributed by atoms with E-state index < -0.39 is 10.0 Å². The van der Waals surface area contributed by atoms with E-state index in [1.807, 2.05) is 6.07 Å². The number of hydrogen-bond acceptors (Lipinski definition) is 5. The van der Waals surface area contributed by atoms with Crippen LogP contribution in [0.3, 0.4) is 0 Å². The maximum Gasteiger partial charge on any atom is 0.250 e. The van der Waals surface area contributed by atoms with Crippen molar-refractivity contribution < 1.29 is 8.42 Å². The van der Waals surface area contributed by atoms with Gasteiger partial charge >= 0.3 is 0 Å². The van der Waals surface area contributed by atoms with E-state index in [1.54, 1.807) is 6.07 Å². The van der Waals surface area contributed by atoms with Crippen LogP contribution in [0.2, 0.25) is 0 Å². The zero-order valence-corrected chi connectivity index (χ0v) is 13.5. The van der Waals surface area contributed by atoms with Crippen molar-refractivity contribution in [3.63, 3.8) is 0 Å². The largest absolute Gasteiger partial charge is 0.330 e. The van der Waals surface area contributed by atoms with E-state index in [0.29, 0.717) is 23.2 Å². The Balaban J connectivity index is 1.92. The van der Waals surface area contributed by atoms with Gasteiger partial charge in [0, 0.05) is 18.0 Å². The first-order chi connectivity index (χ1) is 9.51. The maximum absolute atomic E-state index is 12.2. The van der Waals surface area contributed by atoms with Crippen molar-refractivity contribution in [3.8, 4) is 0 Å². The highest BCUT2D eigenvalue weighted by molar-refractivity contribution is 7.91. The van der Waals surface area contributed by atoms with Gasteiger partial charge in [0.25, 0.3) is 0 Å². The number of likely N-dealkylation sites (tertiary alicyclic amines) is 1. The van der Waals surface area contributed by atoms with Gasteiger partial charge in [0.2, 0.25) is 10.0 Å². The lowest BCUT2D eigenvalue weighted by molar-refractivity contribution is 0.211. The van der Waals surface area contributed by atoms with Crippen LogP contribution in [-0.2, 0) is 16.4 Å². The number of hydrogen-bond donors (Lipinski definition) is 2. The summed E-state index contributed by atoms with van der Waals surface area (Å²) >= 11 is 1.31. The Labute approximate surface area is 125 Å². The maximum atomic E-state index is 12.2. The lowest BCUT2D eigenvalue weighted by Crippen LogP contribution is -2.38. The van der Waals surface area contributed by atoms with Crippen LogP contribution in [0, 0.1) is 5.92 Å². The Morgan fingerprint density at radius 1 is 1.50 bits per heavy atom. The fourth-order valence-electron chi connectivity index (χ4n) is 2.52. The average molecular weight is 317 g/mol. The van der Waals surface area contributed by atoms with Gasteiger partial charge in [-0.2, -0.15) is 0 Å². The summed E-state index contributed by atoms with van der Waals surface area (Å²) in [5.74, 6) is 0.409. The van der Waals surface area contributed by atoms with Crippen LogP contribution in [0.4, 0.5) is 0 Å². The first-order valence-corrected chi connectivity index (χ1v) is 9.28. The summed E-state index contributed by atoms with van der Waals surface area (Å²) in [6.07, 6.45) is 2.96. The molecular weight excluding hydrogens is 294 g/mol. The third-order valence-electron chi connectivity index (χ3n) is 3.58. The first kappa shape index (κ1) is 15.9. The molecule has 0 saturated carbocycles. The molecule has 1 saturated heterocycles. The Kier molecular flexibility index (Phi) is 5.57. The standard InChI is InChI=1S/C13H23N3O2S2/c1-16-8-2-3-11(10-16)9-15-20(17,18)13-5-4-12(19-13)6-7-14/h4-5,11,15H,2-3,6-10,14H2,1H3. The van der Waals surface area contributed by atoms with Crippen LogP contribution in [0.5, 0.6) is 0 Å². The number of nitrogens with zero attached hydrogens (tertiary/aromatic N) is 1. The molecule has 1 atom stereocenters. The Morgan fingerprint density at radius 3 is 3.00 bits per heavy atom. The van der Waals surface area contributed by atoms with Gasteiger partial charge in [0.05, 0.1) is 0 Å². The van der Waals surface area contributed by atoms with Gasteiger partial charge in [0.15, 0.2) is 0 Å². The monoisotopic (exact) mass is 317 g/mol. The molecule has 7 heteroatoms. The molecule has 0 radical (unpaired) electrons. The number of sulfonamides is 1. The molecule has 1 aliphatic heterocycles. The second-order valence-corrected chi connectivity index (χ2v) is 8.54. The third-order valence-corrected chi connectivity index (χ3v) is 6.64. The van der Waals surface area contributed by atoms with Gasteiger partial charge in [-0.15, -0.1) is 11.3 Å². The summed E-state index contributed by atoms with van der Waals surface area (Å²) in [7, 11) is -1.28. The van der Waals surface area contributed by atoms with Crippen molar-refractivity contribution >= 4 is 21.4 Å². The molecule has 2 heterocycles. The first-order valence-electron chi connectivity index (χ1n) is 6.98. The molecule has 0 aliphatic carbocycles. The Bertz CT molecular complexity index is 527. The van der Waals surface area contributed by atoms with Crippen molar-refractivity contribution in [2.45, 2.75) is 23.5 Å². The van der Waals surface area contributed by atoms with E-state index in [4.69, 9.17) is 5.73 Å². The highest BCUT2D eigenvalue weighted by atomic mass is 32.2. The van der Waals surface area contributed by atoms with Crippen LogP contribution in [-0.4, -0.2) is 46.5 Å². The number of nitrogens with two attached hydrogens (primary N) is 1. The topological polar surface area (TPSA) is 75.4 Å². The molecular formula is C13H23N3O2S2. The number of rotatable bonds is 6. The summed E-state index contributed by atoms with van der Waals surface area (Å²) in [5, 5.41) is 0. The molecule has 1 aromatic rings. The molecule has 1 unspecified atom stereocenters. The molecule has 0 amide bonds. The summed E-state index contributed by atoms with van der Waals surface area (Å²) in [6, 6.07) is 3.52. The highest BCUT2D eigenvalue weighted by Gasteiger charge is 2.21. The van der Waals surface area contributed by atoms with E-state index in [0.717, 1.165) is 37.2 Å². The zero-order valence-electron chi connectivity index (χ0n) is 11.8. The molecule has 0 bridgehead atoms. The van der Waals surface area contributed by atoms with Crippen molar-refractivity contribution in [1.29, 1.82) is 0 Å². The van der Waals surface area contributed by atoms with Crippen LogP contribution in [0.1, 0.15) is 17.7 Å². The van der Waals surface area contributed by atoms with Gasteiger partial charge in [-0.3, -0.25) is 0 Å². The predicted octanol–water partition coefficient (Wildman–Crippen LogP) is 0.869. The van der Waals surface area contributed by atoms with E-state index in [9.17, 15) is 8.42 Å². The quantitative estimate of drug-likeness (QED) is 0.816. The van der Waals surface area contributed by atoms with Gasteiger partial charge in [-0.05, 0) is 57.5 Å². The average Bonchev–Trinajstić information content (AvgIpc) is 2.87. The minimum Gasteiger partial charge on any atom is -0.330 e. The summed E-state index contributed by atoms with van der Waals surface area (Å²) in [4.78, 5) is 3.28. The SMILES string of the molecule is CN1CCCC(CNS(=O)(=O)c2ccc(CCN)s2)C1. The molecule has 0 spiro atoms. The van der Waals surface area contributed by atoms with Gasteiger partial charge in [0.1, 0.15) is 4.21 Å². The Morgan fingerprint density at radius 2 is 2.30 bits per heavy atom. The number of thiophene rings is 1. The van der Waals surface area contributed by atoms with Crippen molar-refractivity contribution in [3.05, 3.63) is 17.0 Å². The molecule has 3 N–H and O–H groups in total. The molecule has 1 fully saturated rings. The zero-order chi connectivity index (χ0) is 14.6. The normalized spacial score (nSPS) is 21.2. The van der Waals surface area contributed by atoms with Crippen molar-refractivity contribution in [2.75, 3.05) is 33.2 Å². The van der Waals surface area contributed by atoms with E-state index in [1.165, 1.54) is 11.3 Å². The van der Waals surface area contributed by atoms with E-state index >= 15 is 0 Å². The lowest BCUT2D eigenvalue weighted by Gasteiger charge is -2.29. The predicted molar refractivity (Wildman–Crippen MR) is 82.5 cm³/mol. The summed E-state index contributed by atoms with van der Waals surface area (Å²) in [6.45, 7) is 3.14. The van der Waals surface area contributed by atoms with E-state index in [2.05, 4.69) is 16.7 Å². The summed E-state index contributed by atoms with van der Waals surface area (Å²) in [5.41, 5.74) is 5.48. The molecule has 5 nitrogen and oxygen atoms in total. The minimum atomic E-state index is -3.37. The number of nitrogens with one attached hydrogen (secondary N) is 1. The van der Waals surface area contributed by atoms with Gasteiger partial charge in [-0.1, -0.05) is 0 Å². The molecule has 1 aliphatic rings. The van der Waals surface area contributed by atoms with Crippen LogP contribution >= 0.6 is 11.3 Å². The van der Waals surface area contributed by atoms with Crippen molar-refractivity contribution in [1.82, 2.24) is 9.62 Å². The van der Waals surface area contributed by atoms with Crippen LogP contribution in [0.15, 0.2) is 16.3 Å². The van der Waals surface area contributed by atoms with E-state index in [-0.39, 0.29) is 0 Å². The molecule has 114 valence electrons. The highest BCUT2D eigenvalue weighted by Crippen LogP contribution is 2.22. The molecule has 20 heavy (non-hydrogen) atoms. The van der Waals surface area contributed by atoms with Crippen LogP contribution < -0.4 is 10.5 Å². The minimum absolute atomic E-state index is 0.394. The van der Waals surface area contributed by atoms with Gasteiger partial charge < -0.3 is 10.6 Å². The number of piperidine rings is 1. The van der Waals surface area contributed by atoms with Crippen LogP contribution in [0.25, 0.3) is 0 Å². The fourth-order valence-corrected chi connectivity index (χ4v) is 5.05. The molecule has 2 rings (SSSR count). The third kappa shape index (κ3) is 4.26. The van der Waals surface area contributed by atoms with Crippen molar-refractivity contribution in [2.24, 2.45) is 11.7 Å². The molecule has 0 aromatic carbocycles. The Hall–Kier alpha value is -0.470. The smallest absolute Gasteiger partial charge is 0.250 e. The fraction of sp³-hybridized carbons (Fsp3) is 0.692. The summed E-state index contributed by atoms with van der Waals surface area (Å²) < 4.78 is 27.6.